The van der Waals surface area contributed by atoms with Crippen molar-refractivity contribution >= 4 is 36.0 Å². The summed E-state index contributed by atoms with van der Waals surface area (Å²) in [5.74, 6) is 0.642. The van der Waals surface area contributed by atoms with Gasteiger partial charge in [0.15, 0.2) is 0 Å². The number of nitrogens with one attached hydrogen (secondary N) is 1. The van der Waals surface area contributed by atoms with Crippen molar-refractivity contribution in [2.45, 2.75) is 32.7 Å². The molecule has 0 aliphatic carbocycles. The van der Waals surface area contributed by atoms with Crippen molar-refractivity contribution in [2.75, 3.05) is 31.6 Å². The smallest absolute Gasteiger partial charge is 0.251 e. The van der Waals surface area contributed by atoms with Gasteiger partial charge in [-0.2, -0.15) is 11.8 Å². The first-order chi connectivity index (χ1) is 11.9. The van der Waals surface area contributed by atoms with E-state index in [0.29, 0.717) is 31.6 Å². The fraction of sp³-hybridized carbons (Fsp3) is 0.579. The second kappa shape index (κ2) is 10.2. The first kappa shape index (κ1) is 22.8. The Bertz CT molecular complexity index is 629. The molecule has 1 aromatic carbocycles. The third kappa shape index (κ3) is 5.89. The minimum atomic E-state index is -0.486. The van der Waals surface area contributed by atoms with E-state index in [-0.39, 0.29) is 29.6 Å². The molecule has 2 amide bonds. The number of thioether (sulfide) groups is 1. The van der Waals surface area contributed by atoms with Crippen LogP contribution in [-0.4, -0.2) is 54.4 Å². The van der Waals surface area contributed by atoms with E-state index in [0.717, 1.165) is 17.7 Å². The number of aryl methyl sites for hydroxylation is 1. The van der Waals surface area contributed by atoms with Crippen LogP contribution in [0, 0.1) is 12.3 Å². The lowest BCUT2D eigenvalue weighted by molar-refractivity contribution is -0.132. The molecule has 5 nitrogen and oxygen atoms in total. The number of likely N-dealkylation sites (tertiary alicyclic amines) is 1. The highest BCUT2D eigenvalue weighted by molar-refractivity contribution is 7.98. The van der Waals surface area contributed by atoms with Crippen LogP contribution in [0.4, 0.5) is 0 Å². The molecule has 0 bridgehead atoms. The van der Waals surface area contributed by atoms with Crippen LogP contribution >= 0.6 is 24.2 Å². The number of nitrogens with two attached hydrogens (primary N) is 1. The molecule has 0 spiro atoms. The molecule has 3 N–H and O–H groups in total. The van der Waals surface area contributed by atoms with Gasteiger partial charge in [0.25, 0.3) is 5.91 Å². The van der Waals surface area contributed by atoms with Crippen molar-refractivity contribution in [1.29, 1.82) is 0 Å². The average Bonchev–Trinajstić information content (AvgIpc) is 3.01. The fourth-order valence-electron chi connectivity index (χ4n) is 3.12. The maximum atomic E-state index is 12.9. The first-order valence-corrected chi connectivity index (χ1v) is 10.1. The topological polar surface area (TPSA) is 75.4 Å². The molecule has 1 aliphatic heterocycles. The number of halogens is 1. The largest absolute Gasteiger partial charge is 0.340 e. The van der Waals surface area contributed by atoms with Gasteiger partial charge in [0.1, 0.15) is 6.04 Å². The molecule has 0 saturated carbocycles. The van der Waals surface area contributed by atoms with Crippen molar-refractivity contribution in [2.24, 2.45) is 11.1 Å². The van der Waals surface area contributed by atoms with Crippen molar-refractivity contribution < 1.29 is 9.59 Å². The van der Waals surface area contributed by atoms with Gasteiger partial charge in [-0.15, -0.1) is 12.4 Å². The molecular weight excluding hydrogens is 370 g/mol. The van der Waals surface area contributed by atoms with E-state index in [1.54, 1.807) is 17.8 Å². The van der Waals surface area contributed by atoms with Crippen LogP contribution in [0.15, 0.2) is 24.3 Å². The summed E-state index contributed by atoms with van der Waals surface area (Å²) in [4.78, 5) is 27.4. The fourth-order valence-corrected chi connectivity index (χ4v) is 3.59. The summed E-state index contributed by atoms with van der Waals surface area (Å²) in [7, 11) is 0. The minimum Gasteiger partial charge on any atom is -0.340 e. The molecule has 7 heteroatoms. The van der Waals surface area contributed by atoms with Gasteiger partial charge in [0, 0.05) is 18.7 Å². The number of benzene rings is 1. The van der Waals surface area contributed by atoms with E-state index in [2.05, 4.69) is 12.2 Å². The highest BCUT2D eigenvalue weighted by atomic mass is 35.5. The quantitative estimate of drug-likeness (QED) is 0.738. The van der Waals surface area contributed by atoms with Gasteiger partial charge in [-0.3, -0.25) is 9.59 Å². The van der Waals surface area contributed by atoms with Gasteiger partial charge in [-0.25, -0.2) is 0 Å². The highest BCUT2D eigenvalue weighted by Gasteiger charge is 2.37. The van der Waals surface area contributed by atoms with Gasteiger partial charge in [0.05, 0.1) is 0 Å². The molecule has 146 valence electrons. The van der Waals surface area contributed by atoms with Crippen LogP contribution in [0.25, 0.3) is 0 Å². The monoisotopic (exact) mass is 399 g/mol. The summed E-state index contributed by atoms with van der Waals surface area (Å²) in [6.07, 6.45) is 3.55. The molecule has 1 heterocycles. The van der Waals surface area contributed by atoms with E-state index >= 15 is 0 Å². The predicted molar refractivity (Wildman–Crippen MR) is 111 cm³/mol. The van der Waals surface area contributed by atoms with Crippen LogP contribution in [-0.2, 0) is 4.79 Å². The van der Waals surface area contributed by atoms with E-state index in [1.165, 1.54) is 0 Å². The van der Waals surface area contributed by atoms with Crippen molar-refractivity contribution in [3.05, 3.63) is 35.4 Å². The SMILES string of the molecule is CSCCC(NC(=O)c1cccc(C)c1)C(=O)N1CCC(C)(CN)C1.Cl. The zero-order chi connectivity index (χ0) is 18.4. The van der Waals surface area contributed by atoms with Gasteiger partial charge < -0.3 is 16.0 Å². The maximum Gasteiger partial charge on any atom is 0.251 e. The van der Waals surface area contributed by atoms with E-state index < -0.39 is 6.04 Å². The normalized spacial score (nSPS) is 20.4. The Kier molecular flexibility index (Phi) is 8.93. The Hall–Kier alpha value is -1.24. The van der Waals surface area contributed by atoms with Crippen LogP contribution in [0.3, 0.4) is 0 Å². The summed E-state index contributed by atoms with van der Waals surface area (Å²) >= 11 is 1.68. The van der Waals surface area contributed by atoms with Gasteiger partial charge in [-0.05, 0) is 55.9 Å². The molecule has 1 aliphatic rings. The number of carbonyl (C=O) groups is 2. The second-order valence-corrected chi connectivity index (χ2v) is 8.19. The maximum absolute atomic E-state index is 12.9. The van der Waals surface area contributed by atoms with Crippen LogP contribution < -0.4 is 11.1 Å². The third-order valence-electron chi connectivity index (χ3n) is 4.86. The lowest BCUT2D eigenvalue weighted by atomic mass is 9.90. The lowest BCUT2D eigenvalue weighted by Crippen LogP contribution is -2.49. The Balaban J connectivity index is 0.00000338. The number of nitrogens with zero attached hydrogens (tertiary/aromatic N) is 1. The average molecular weight is 400 g/mol. The molecule has 2 rings (SSSR count). The van der Waals surface area contributed by atoms with Crippen LogP contribution in [0.5, 0.6) is 0 Å². The van der Waals surface area contributed by atoms with Gasteiger partial charge in [0.2, 0.25) is 5.91 Å². The Morgan fingerprint density at radius 3 is 2.73 bits per heavy atom. The standard InChI is InChI=1S/C19H29N3O2S.ClH/c1-14-5-4-6-15(11-14)17(23)21-16(7-10-25-3)18(24)22-9-8-19(2,12-20)13-22;/h4-6,11,16H,7-10,12-13,20H2,1-3H3,(H,21,23);1H. The molecule has 0 aromatic heterocycles. The summed E-state index contributed by atoms with van der Waals surface area (Å²) < 4.78 is 0. The van der Waals surface area contributed by atoms with Crippen LogP contribution in [0.2, 0.25) is 0 Å². The third-order valence-corrected chi connectivity index (χ3v) is 5.50. The Morgan fingerprint density at radius 1 is 1.42 bits per heavy atom. The highest BCUT2D eigenvalue weighted by Crippen LogP contribution is 2.29. The van der Waals surface area contributed by atoms with Crippen molar-refractivity contribution in [3.63, 3.8) is 0 Å². The van der Waals surface area contributed by atoms with Gasteiger partial charge >= 0.3 is 0 Å². The first-order valence-electron chi connectivity index (χ1n) is 8.74. The number of carbonyl (C=O) groups excluding carboxylic acids is 2. The Labute approximate surface area is 166 Å². The number of amides is 2. The second-order valence-electron chi connectivity index (χ2n) is 7.20. The van der Waals surface area contributed by atoms with E-state index in [4.69, 9.17) is 5.73 Å². The molecule has 2 unspecified atom stereocenters. The van der Waals surface area contributed by atoms with Crippen molar-refractivity contribution in [1.82, 2.24) is 10.2 Å². The number of hydrogen-bond donors (Lipinski definition) is 2. The summed E-state index contributed by atoms with van der Waals surface area (Å²) in [6.45, 7) is 6.01. The molecular formula is C19H30ClN3O2S. The Morgan fingerprint density at radius 2 is 2.15 bits per heavy atom. The molecule has 1 saturated heterocycles. The molecule has 26 heavy (non-hydrogen) atoms. The van der Waals surface area contributed by atoms with Crippen LogP contribution in [0.1, 0.15) is 35.7 Å². The predicted octanol–water partition coefficient (Wildman–Crippen LogP) is 2.47. The zero-order valence-electron chi connectivity index (χ0n) is 15.8. The molecule has 0 radical (unpaired) electrons. The lowest BCUT2D eigenvalue weighted by Gasteiger charge is -2.26. The minimum absolute atomic E-state index is 0. The zero-order valence-corrected chi connectivity index (χ0v) is 17.4. The van der Waals surface area contributed by atoms with Gasteiger partial charge in [-0.1, -0.05) is 24.6 Å². The van der Waals surface area contributed by atoms with E-state index in [1.807, 2.05) is 36.3 Å². The number of hydrogen-bond acceptors (Lipinski definition) is 4. The van der Waals surface area contributed by atoms with Crippen molar-refractivity contribution in [3.8, 4) is 0 Å². The molecule has 2 atom stereocenters. The van der Waals surface area contributed by atoms with E-state index in [9.17, 15) is 9.59 Å². The molecule has 1 aromatic rings. The summed E-state index contributed by atoms with van der Waals surface area (Å²) in [5, 5.41) is 2.94. The number of rotatable bonds is 7. The summed E-state index contributed by atoms with van der Waals surface area (Å²) in [5.41, 5.74) is 7.45. The molecule has 1 fully saturated rings. The summed E-state index contributed by atoms with van der Waals surface area (Å²) in [6, 6.07) is 6.94.